The fourth-order valence-electron chi connectivity index (χ4n) is 3.87. The molecule has 0 N–H and O–H groups in total. The normalized spacial score (nSPS) is 17.0. The molecule has 0 amide bonds. The maximum atomic E-state index is 12.8. The number of ketones is 1. The van der Waals surface area contributed by atoms with Gasteiger partial charge in [-0.1, -0.05) is 6.42 Å². The maximum absolute atomic E-state index is 12.8. The summed E-state index contributed by atoms with van der Waals surface area (Å²) >= 11 is 0. The highest BCUT2D eigenvalue weighted by atomic mass is 16.7. The Morgan fingerprint density at radius 3 is 2.60 bits per heavy atom. The predicted molar refractivity (Wildman–Crippen MR) is 96.0 cm³/mol. The van der Waals surface area contributed by atoms with E-state index in [9.17, 15) is 4.79 Å². The molecule has 0 saturated carbocycles. The van der Waals surface area contributed by atoms with Crippen molar-refractivity contribution in [3.05, 3.63) is 41.2 Å². The molecule has 1 saturated heterocycles. The van der Waals surface area contributed by atoms with Gasteiger partial charge in [0.05, 0.1) is 6.54 Å². The molecular formula is C20H24N2O3. The van der Waals surface area contributed by atoms with Crippen molar-refractivity contribution in [3.63, 3.8) is 0 Å². The molecule has 5 heteroatoms. The molecule has 3 heterocycles. The average molecular weight is 340 g/mol. The third-order valence-electron chi connectivity index (χ3n) is 5.16. The summed E-state index contributed by atoms with van der Waals surface area (Å²) in [5.41, 5.74) is 3.86. The lowest BCUT2D eigenvalue weighted by molar-refractivity contribution is 0.0915. The van der Waals surface area contributed by atoms with Crippen molar-refractivity contribution in [1.82, 2.24) is 9.47 Å². The topological polar surface area (TPSA) is 43.7 Å². The van der Waals surface area contributed by atoms with Gasteiger partial charge < -0.3 is 14.0 Å². The van der Waals surface area contributed by atoms with Gasteiger partial charge in [-0.15, -0.1) is 0 Å². The zero-order chi connectivity index (χ0) is 17.4. The number of benzene rings is 1. The largest absolute Gasteiger partial charge is 0.454 e. The van der Waals surface area contributed by atoms with Gasteiger partial charge in [0.25, 0.3) is 0 Å². The highest BCUT2D eigenvalue weighted by molar-refractivity contribution is 5.99. The summed E-state index contributed by atoms with van der Waals surface area (Å²) in [6, 6.07) is 7.91. The van der Waals surface area contributed by atoms with Gasteiger partial charge in [-0.05, 0) is 58.0 Å². The minimum atomic E-state index is 0.210. The quantitative estimate of drug-likeness (QED) is 0.799. The minimum Gasteiger partial charge on any atom is -0.454 e. The molecule has 2 aromatic rings. The number of nitrogens with zero attached hydrogens (tertiary/aromatic N) is 2. The van der Waals surface area contributed by atoms with Gasteiger partial charge in [-0.25, -0.2) is 0 Å². The van der Waals surface area contributed by atoms with E-state index in [4.69, 9.17) is 9.47 Å². The number of ether oxygens (including phenoxy) is 2. The minimum absolute atomic E-state index is 0.210. The smallest absolute Gasteiger partial charge is 0.231 e. The monoisotopic (exact) mass is 340 g/mol. The van der Waals surface area contributed by atoms with E-state index in [1.54, 1.807) is 0 Å². The van der Waals surface area contributed by atoms with Gasteiger partial charge in [-0.2, -0.15) is 0 Å². The molecule has 1 fully saturated rings. The van der Waals surface area contributed by atoms with Crippen molar-refractivity contribution in [2.24, 2.45) is 0 Å². The van der Waals surface area contributed by atoms with E-state index in [1.165, 1.54) is 19.3 Å². The summed E-state index contributed by atoms with van der Waals surface area (Å²) in [6.45, 7) is 6.91. The molecule has 25 heavy (non-hydrogen) atoms. The van der Waals surface area contributed by atoms with Crippen LogP contribution in [0.4, 0.5) is 0 Å². The fraction of sp³-hybridized carbons (Fsp3) is 0.450. The molecule has 0 aliphatic carbocycles. The summed E-state index contributed by atoms with van der Waals surface area (Å²) in [5, 5.41) is 0. The Hall–Kier alpha value is -2.27. The number of aromatic nitrogens is 1. The van der Waals surface area contributed by atoms with Crippen molar-refractivity contribution < 1.29 is 14.3 Å². The van der Waals surface area contributed by atoms with Gasteiger partial charge >= 0.3 is 0 Å². The molecule has 0 unspecified atom stereocenters. The van der Waals surface area contributed by atoms with Crippen molar-refractivity contribution in [2.45, 2.75) is 33.1 Å². The van der Waals surface area contributed by atoms with E-state index in [1.807, 2.05) is 38.1 Å². The molecule has 1 aromatic carbocycles. The Morgan fingerprint density at radius 2 is 1.80 bits per heavy atom. The predicted octanol–water partition coefficient (Wildman–Crippen LogP) is 3.49. The molecule has 2 aliphatic rings. The number of fused-ring (bicyclic) bond motifs is 1. The van der Waals surface area contributed by atoms with Gasteiger partial charge in [0.15, 0.2) is 17.3 Å². The van der Waals surface area contributed by atoms with Crippen LogP contribution >= 0.6 is 0 Å². The van der Waals surface area contributed by atoms with E-state index < -0.39 is 0 Å². The molecule has 0 spiro atoms. The van der Waals surface area contributed by atoms with Crippen LogP contribution in [0.15, 0.2) is 24.3 Å². The van der Waals surface area contributed by atoms with Crippen molar-refractivity contribution in [1.29, 1.82) is 0 Å². The Morgan fingerprint density at radius 1 is 1.04 bits per heavy atom. The zero-order valence-electron chi connectivity index (χ0n) is 14.9. The molecule has 4 rings (SSSR count). The molecular weight excluding hydrogens is 316 g/mol. The lowest BCUT2D eigenvalue weighted by atomic mass is 10.1. The third kappa shape index (κ3) is 3.04. The Balaban J connectivity index is 1.61. The zero-order valence-corrected chi connectivity index (χ0v) is 14.9. The number of aryl methyl sites for hydroxylation is 1. The van der Waals surface area contributed by atoms with E-state index in [-0.39, 0.29) is 12.6 Å². The first-order valence-corrected chi connectivity index (χ1v) is 8.98. The second-order valence-electron chi connectivity index (χ2n) is 6.92. The molecule has 0 bridgehead atoms. The van der Waals surface area contributed by atoms with Crippen molar-refractivity contribution in [3.8, 4) is 17.2 Å². The molecule has 1 aromatic heterocycles. The number of carbonyl (C=O) groups is 1. The van der Waals surface area contributed by atoms with Crippen LogP contribution in [-0.2, 0) is 0 Å². The van der Waals surface area contributed by atoms with Gasteiger partial charge in [0.1, 0.15) is 0 Å². The summed E-state index contributed by atoms with van der Waals surface area (Å²) in [7, 11) is 0. The van der Waals surface area contributed by atoms with Crippen molar-refractivity contribution >= 4 is 5.78 Å². The Kier molecular flexibility index (Phi) is 4.25. The second-order valence-corrected chi connectivity index (χ2v) is 6.92. The number of hydrogen-bond acceptors (Lipinski definition) is 4. The molecule has 0 radical (unpaired) electrons. The van der Waals surface area contributed by atoms with Crippen LogP contribution in [0.1, 0.15) is 41.0 Å². The molecule has 0 atom stereocenters. The van der Waals surface area contributed by atoms with Gasteiger partial charge in [-0.3, -0.25) is 9.69 Å². The number of piperidine rings is 1. The molecule has 2 aliphatic heterocycles. The first kappa shape index (κ1) is 16.2. The van der Waals surface area contributed by atoms with E-state index in [0.29, 0.717) is 6.54 Å². The van der Waals surface area contributed by atoms with E-state index in [0.717, 1.165) is 47.2 Å². The van der Waals surface area contributed by atoms with Crippen LogP contribution in [-0.4, -0.2) is 41.7 Å². The second kappa shape index (κ2) is 6.56. The molecule has 132 valence electrons. The van der Waals surface area contributed by atoms with Gasteiger partial charge in [0.2, 0.25) is 6.79 Å². The van der Waals surface area contributed by atoms with Crippen LogP contribution in [0, 0.1) is 13.8 Å². The average Bonchev–Trinajstić information content (AvgIpc) is 3.19. The standard InChI is InChI=1S/C20H24N2O3/c1-14-10-17(18(23)12-21-8-4-3-5-9-21)15(2)22(14)16-6-7-19-20(11-16)25-13-24-19/h6-7,10-11H,3-5,8-9,12-13H2,1-2H3. The first-order valence-electron chi connectivity index (χ1n) is 8.98. The SMILES string of the molecule is Cc1cc(C(=O)CN2CCCCC2)c(C)n1-c1ccc2c(c1)OCO2. The van der Waals surface area contributed by atoms with Gasteiger partial charge in [0, 0.05) is 28.7 Å². The van der Waals surface area contributed by atoms with Crippen molar-refractivity contribution in [2.75, 3.05) is 26.4 Å². The van der Waals surface area contributed by atoms with E-state index >= 15 is 0 Å². The number of carbonyl (C=O) groups excluding carboxylic acids is 1. The summed E-state index contributed by atoms with van der Waals surface area (Å²) < 4.78 is 13.0. The lowest BCUT2D eigenvalue weighted by Gasteiger charge is -2.25. The summed E-state index contributed by atoms with van der Waals surface area (Å²) in [4.78, 5) is 15.1. The summed E-state index contributed by atoms with van der Waals surface area (Å²) in [6.07, 6.45) is 3.68. The third-order valence-corrected chi connectivity index (χ3v) is 5.16. The highest BCUT2D eigenvalue weighted by Gasteiger charge is 2.21. The first-order chi connectivity index (χ1) is 12.1. The number of hydrogen-bond donors (Lipinski definition) is 0. The highest BCUT2D eigenvalue weighted by Crippen LogP contribution is 2.35. The van der Waals surface area contributed by atoms with Crippen LogP contribution in [0.2, 0.25) is 0 Å². The number of likely N-dealkylation sites (tertiary alicyclic amines) is 1. The Bertz CT molecular complexity index is 804. The van der Waals surface area contributed by atoms with Crippen LogP contribution < -0.4 is 9.47 Å². The van der Waals surface area contributed by atoms with Crippen LogP contribution in [0.3, 0.4) is 0 Å². The molecule has 5 nitrogen and oxygen atoms in total. The lowest BCUT2D eigenvalue weighted by Crippen LogP contribution is -2.34. The maximum Gasteiger partial charge on any atom is 0.231 e. The number of rotatable bonds is 4. The fourth-order valence-corrected chi connectivity index (χ4v) is 3.87. The number of Topliss-reactive ketones (excluding diaryl/α,β-unsaturated/α-hetero) is 1. The Labute approximate surface area is 148 Å². The van der Waals surface area contributed by atoms with Crippen LogP contribution in [0.5, 0.6) is 11.5 Å². The van der Waals surface area contributed by atoms with Crippen LogP contribution in [0.25, 0.3) is 5.69 Å². The van der Waals surface area contributed by atoms with E-state index in [2.05, 4.69) is 9.47 Å². The summed E-state index contributed by atoms with van der Waals surface area (Å²) in [5.74, 6) is 1.74.